The molecule has 2 amide bonds. The molecule has 170 valence electrons. The van der Waals surface area contributed by atoms with Crippen molar-refractivity contribution in [3.05, 3.63) is 83.9 Å². The number of anilines is 3. The lowest BCUT2D eigenvalue weighted by atomic mass is 10.1. The van der Waals surface area contributed by atoms with Crippen LogP contribution in [0.2, 0.25) is 0 Å². The Bertz CT molecular complexity index is 1130. The first kappa shape index (κ1) is 22.7. The summed E-state index contributed by atoms with van der Waals surface area (Å²) in [5.41, 5.74) is 4.55. The lowest BCUT2D eigenvalue weighted by Crippen LogP contribution is -2.28. The van der Waals surface area contributed by atoms with E-state index in [1.54, 1.807) is 18.9 Å². The van der Waals surface area contributed by atoms with Gasteiger partial charge < -0.3 is 15.0 Å². The van der Waals surface area contributed by atoms with Crippen LogP contribution in [0.3, 0.4) is 0 Å². The van der Waals surface area contributed by atoms with E-state index in [-0.39, 0.29) is 23.6 Å². The quantitative estimate of drug-likeness (QED) is 0.552. The third-order valence-electron chi connectivity index (χ3n) is 5.49. The van der Waals surface area contributed by atoms with Crippen LogP contribution in [-0.2, 0) is 16.0 Å². The molecule has 1 fully saturated rings. The van der Waals surface area contributed by atoms with Crippen LogP contribution in [0.25, 0.3) is 0 Å². The Morgan fingerprint density at radius 2 is 1.82 bits per heavy atom. The molecule has 0 aromatic heterocycles. The number of carbonyl (C=O) groups excluding carboxylic acids is 2. The number of hydrogen-bond acceptors (Lipinski definition) is 5. The number of hydrogen-bond donors (Lipinski definition) is 1. The molecule has 0 spiro atoms. The fourth-order valence-electron chi connectivity index (χ4n) is 3.77. The third-order valence-corrected chi connectivity index (χ3v) is 6.70. The third kappa shape index (κ3) is 5.31. The number of thioether (sulfide) groups is 1. The summed E-state index contributed by atoms with van der Waals surface area (Å²) in [5.74, 6) is 1.17. The Hall–Kier alpha value is -3.45. The molecule has 6 nitrogen and oxygen atoms in total. The number of methoxy groups -OCH3 is 1. The Morgan fingerprint density at radius 3 is 2.48 bits per heavy atom. The van der Waals surface area contributed by atoms with E-state index in [1.165, 1.54) is 0 Å². The summed E-state index contributed by atoms with van der Waals surface area (Å²) in [6.45, 7) is 0. The molecule has 1 aliphatic rings. The highest BCUT2D eigenvalue weighted by molar-refractivity contribution is 8.00. The second-order valence-corrected chi connectivity index (χ2v) is 9.10. The number of benzene rings is 3. The minimum Gasteiger partial charge on any atom is -0.497 e. The maximum Gasteiger partial charge on any atom is 0.238 e. The summed E-state index contributed by atoms with van der Waals surface area (Å²) in [6.07, 6.45) is 0.273. The number of nitrogens with one attached hydrogen (secondary N) is 1. The number of nitrogens with zero attached hydrogens (tertiary/aromatic N) is 2. The van der Waals surface area contributed by atoms with Crippen molar-refractivity contribution in [1.82, 2.24) is 0 Å². The largest absolute Gasteiger partial charge is 0.497 e. The summed E-state index contributed by atoms with van der Waals surface area (Å²) in [7, 11) is 5.59. The van der Waals surface area contributed by atoms with Crippen molar-refractivity contribution in [2.75, 3.05) is 42.1 Å². The summed E-state index contributed by atoms with van der Waals surface area (Å²) < 4.78 is 5.16. The lowest BCUT2D eigenvalue weighted by molar-refractivity contribution is -0.116. The minimum absolute atomic E-state index is 0.0801. The van der Waals surface area contributed by atoms with Crippen LogP contribution in [0, 0.1) is 0 Å². The van der Waals surface area contributed by atoms with E-state index in [2.05, 4.69) is 5.32 Å². The monoisotopic (exact) mass is 461 g/mol. The molecule has 33 heavy (non-hydrogen) atoms. The van der Waals surface area contributed by atoms with Crippen molar-refractivity contribution >= 4 is 40.6 Å². The van der Waals surface area contributed by atoms with Crippen molar-refractivity contribution in [3.8, 4) is 5.75 Å². The lowest BCUT2D eigenvalue weighted by Gasteiger charge is -2.25. The van der Waals surface area contributed by atoms with Crippen molar-refractivity contribution in [3.63, 3.8) is 0 Å². The molecular weight excluding hydrogens is 434 g/mol. The Morgan fingerprint density at radius 1 is 1.09 bits per heavy atom. The van der Waals surface area contributed by atoms with Crippen LogP contribution in [0.5, 0.6) is 5.75 Å². The molecule has 1 N–H and O–H groups in total. The van der Waals surface area contributed by atoms with Crippen molar-refractivity contribution in [1.29, 1.82) is 0 Å². The molecule has 0 unspecified atom stereocenters. The zero-order valence-electron chi connectivity index (χ0n) is 18.9. The van der Waals surface area contributed by atoms with Crippen LogP contribution in [0.15, 0.2) is 72.8 Å². The van der Waals surface area contributed by atoms with Crippen LogP contribution in [0.4, 0.5) is 17.1 Å². The smallest absolute Gasteiger partial charge is 0.238 e. The molecule has 4 rings (SSSR count). The molecular formula is C26H27N3O3S. The number of rotatable bonds is 7. The van der Waals surface area contributed by atoms with Crippen LogP contribution in [0.1, 0.15) is 16.5 Å². The van der Waals surface area contributed by atoms with E-state index in [0.717, 1.165) is 28.3 Å². The number of carbonyl (C=O) groups is 2. The van der Waals surface area contributed by atoms with E-state index >= 15 is 0 Å². The molecule has 0 bridgehead atoms. The molecule has 1 aliphatic heterocycles. The van der Waals surface area contributed by atoms with Gasteiger partial charge in [-0.3, -0.25) is 14.5 Å². The standard InChI is InChI=1S/C26H27N3O3S/c1-28(2)21-9-11-22(12-10-21)29-25(31)17-33-26(29)19-5-4-6-20(16-19)27-24(30)15-18-7-13-23(32-3)14-8-18/h4-14,16,26H,15,17H2,1-3H3,(H,27,30)/t26-/m1/s1. The maximum atomic E-state index is 12.7. The van der Waals surface area contributed by atoms with Crippen molar-refractivity contribution in [2.45, 2.75) is 11.8 Å². The molecule has 1 heterocycles. The van der Waals surface area contributed by atoms with Gasteiger partial charge in [-0.15, -0.1) is 11.8 Å². The number of ether oxygens (including phenoxy) is 1. The summed E-state index contributed by atoms with van der Waals surface area (Å²) in [4.78, 5) is 29.1. The topological polar surface area (TPSA) is 61.9 Å². The van der Waals surface area contributed by atoms with Gasteiger partial charge in [-0.25, -0.2) is 0 Å². The van der Waals surface area contributed by atoms with E-state index < -0.39 is 0 Å². The first-order valence-electron chi connectivity index (χ1n) is 10.7. The molecule has 0 aliphatic carbocycles. The summed E-state index contributed by atoms with van der Waals surface area (Å²) in [6, 6.07) is 23.2. The van der Waals surface area contributed by atoms with Gasteiger partial charge in [0.05, 0.1) is 19.3 Å². The van der Waals surface area contributed by atoms with Gasteiger partial charge in [0.2, 0.25) is 11.8 Å². The molecule has 7 heteroatoms. The van der Waals surface area contributed by atoms with E-state index in [4.69, 9.17) is 4.74 Å². The Kier molecular flexibility index (Phi) is 6.89. The second-order valence-electron chi connectivity index (χ2n) is 8.04. The van der Waals surface area contributed by atoms with Gasteiger partial charge in [0.1, 0.15) is 11.1 Å². The van der Waals surface area contributed by atoms with Crippen molar-refractivity contribution < 1.29 is 14.3 Å². The Labute approximate surface area is 198 Å². The predicted molar refractivity (Wildman–Crippen MR) is 135 cm³/mol. The molecule has 3 aromatic rings. The predicted octanol–water partition coefficient (Wildman–Crippen LogP) is 4.72. The maximum absolute atomic E-state index is 12.7. The van der Waals surface area contributed by atoms with Crippen LogP contribution in [-0.4, -0.2) is 38.8 Å². The highest BCUT2D eigenvalue weighted by Crippen LogP contribution is 2.42. The fraction of sp³-hybridized carbons (Fsp3) is 0.231. The van der Waals surface area contributed by atoms with Crippen LogP contribution < -0.4 is 19.9 Å². The van der Waals surface area contributed by atoms with Gasteiger partial charge in [-0.2, -0.15) is 0 Å². The minimum atomic E-state index is -0.138. The molecule has 0 saturated carbocycles. The van der Waals surface area contributed by atoms with Gasteiger partial charge >= 0.3 is 0 Å². The highest BCUT2D eigenvalue weighted by atomic mass is 32.2. The Balaban J connectivity index is 1.48. The first-order valence-corrected chi connectivity index (χ1v) is 11.7. The average molecular weight is 462 g/mol. The molecule has 0 radical (unpaired) electrons. The van der Waals surface area contributed by atoms with Gasteiger partial charge in [-0.05, 0) is 59.7 Å². The summed E-state index contributed by atoms with van der Waals surface area (Å²) in [5, 5.41) is 2.84. The first-order chi connectivity index (χ1) is 15.9. The molecule has 1 saturated heterocycles. The normalized spacial score (nSPS) is 15.4. The zero-order chi connectivity index (χ0) is 23.4. The van der Waals surface area contributed by atoms with Gasteiger partial charge in [0.15, 0.2) is 0 Å². The van der Waals surface area contributed by atoms with Gasteiger partial charge in [0, 0.05) is 31.2 Å². The fourth-order valence-corrected chi connectivity index (χ4v) is 4.93. The van der Waals surface area contributed by atoms with Crippen LogP contribution >= 0.6 is 11.8 Å². The average Bonchev–Trinajstić information content (AvgIpc) is 3.21. The van der Waals surface area contributed by atoms with E-state index in [1.807, 2.05) is 96.7 Å². The van der Waals surface area contributed by atoms with E-state index in [9.17, 15) is 9.59 Å². The SMILES string of the molecule is COc1ccc(CC(=O)Nc2cccc([C@H]3SCC(=O)N3c3ccc(N(C)C)cc3)c2)cc1. The molecule has 1 atom stereocenters. The van der Waals surface area contributed by atoms with Gasteiger partial charge in [-0.1, -0.05) is 24.3 Å². The number of amides is 2. The summed E-state index contributed by atoms with van der Waals surface area (Å²) >= 11 is 1.59. The highest BCUT2D eigenvalue weighted by Gasteiger charge is 2.34. The molecule has 3 aromatic carbocycles. The second kappa shape index (κ2) is 10.0. The zero-order valence-corrected chi connectivity index (χ0v) is 19.8. The van der Waals surface area contributed by atoms with E-state index in [0.29, 0.717) is 11.4 Å². The van der Waals surface area contributed by atoms with Gasteiger partial charge in [0.25, 0.3) is 0 Å². The van der Waals surface area contributed by atoms with Crippen molar-refractivity contribution in [2.24, 2.45) is 0 Å².